The summed E-state index contributed by atoms with van der Waals surface area (Å²) in [5.41, 5.74) is 9.73. The van der Waals surface area contributed by atoms with Gasteiger partial charge < -0.3 is 19.6 Å². The second-order valence-corrected chi connectivity index (χ2v) is 21.3. The van der Waals surface area contributed by atoms with Crippen LogP contribution < -0.4 is 25.2 Å². The molecular weight excluding hydrogens is 939 g/mol. The van der Waals surface area contributed by atoms with Gasteiger partial charge in [0.1, 0.15) is 11.6 Å². The molecule has 2 saturated heterocycles. The van der Waals surface area contributed by atoms with E-state index in [2.05, 4.69) is 44.5 Å². The Hall–Kier alpha value is -7.17. The molecule has 16 heteroatoms. The molecule has 0 bridgehead atoms. The van der Waals surface area contributed by atoms with E-state index >= 15 is 0 Å². The predicted molar refractivity (Wildman–Crippen MR) is 285 cm³/mol. The lowest BCUT2D eigenvalue weighted by Crippen LogP contribution is -2.46. The van der Waals surface area contributed by atoms with E-state index < -0.39 is 11.9 Å². The van der Waals surface area contributed by atoms with Gasteiger partial charge >= 0.3 is 5.97 Å². The van der Waals surface area contributed by atoms with E-state index in [9.17, 15) is 24.3 Å². The van der Waals surface area contributed by atoms with Gasteiger partial charge in [0.25, 0.3) is 5.91 Å². The summed E-state index contributed by atoms with van der Waals surface area (Å²) in [6.07, 6.45) is 8.23. The number of hydrogen-bond acceptors (Lipinski definition) is 12. The largest absolute Gasteiger partial charge is 0.490 e. The second kappa shape index (κ2) is 20.4. The number of piperazine rings is 1. The number of pyridine rings is 1. The quantitative estimate of drug-likeness (QED) is 0.0936. The Bertz CT molecular complexity index is 3240. The molecule has 3 aliphatic heterocycles. The predicted octanol–water partition coefficient (Wildman–Crippen LogP) is 9.44. The molecular formula is C57H61N9O6S. The zero-order valence-corrected chi connectivity index (χ0v) is 42.5. The number of fused-ring (bicyclic) bond motifs is 3. The van der Waals surface area contributed by atoms with Gasteiger partial charge in [-0.05, 0) is 154 Å². The molecule has 15 nitrogen and oxygen atoms in total. The molecule has 11 rings (SSSR count). The summed E-state index contributed by atoms with van der Waals surface area (Å²) in [4.78, 5) is 67.5. The Kier molecular flexibility index (Phi) is 13.4. The van der Waals surface area contributed by atoms with Crippen molar-refractivity contribution in [3.05, 3.63) is 124 Å². The number of hydrogen-bond donors (Lipinski definition) is 3. The van der Waals surface area contributed by atoms with E-state index in [0.29, 0.717) is 60.3 Å². The minimum absolute atomic E-state index is 0.0194. The fraction of sp³-hybridized carbons (Fsp3) is 0.386. The fourth-order valence-electron chi connectivity index (χ4n) is 11.6. The average Bonchev–Trinajstić information content (AvgIpc) is 3.95. The van der Waals surface area contributed by atoms with Crippen molar-refractivity contribution in [2.75, 3.05) is 54.4 Å². The molecule has 1 unspecified atom stereocenters. The highest BCUT2D eigenvalue weighted by Crippen LogP contribution is 2.38. The molecule has 0 spiro atoms. The summed E-state index contributed by atoms with van der Waals surface area (Å²) < 4.78 is 9.57. The lowest BCUT2D eigenvalue weighted by atomic mass is 9.84. The van der Waals surface area contributed by atoms with Crippen LogP contribution in [0.15, 0.2) is 84.9 Å². The van der Waals surface area contributed by atoms with Crippen LogP contribution in [0.25, 0.3) is 32.2 Å². The molecule has 3 fully saturated rings. The van der Waals surface area contributed by atoms with Crippen LogP contribution in [0.2, 0.25) is 0 Å². The van der Waals surface area contributed by atoms with Crippen molar-refractivity contribution in [3.8, 4) is 16.9 Å². The zero-order valence-electron chi connectivity index (χ0n) is 41.7. The number of amides is 3. The number of anilines is 3. The van der Waals surface area contributed by atoms with Crippen LogP contribution in [0, 0.1) is 19.8 Å². The third-order valence-electron chi connectivity index (χ3n) is 15.7. The van der Waals surface area contributed by atoms with Crippen molar-refractivity contribution in [1.82, 2.24) is 30.0 Å². The number of aromatic carboxylic acids is 1. The number of nitrogens with one attached hydrogen (secondary N) is 2. The summed E-state index contributed by atoms with van der Waals surface area (Å²) in [5, 5.41) is 22.3. The summed E-state index contributed by atoms with van der Waals surface area (Å²) in [5.74, 6) is -0.215. The maximum absolute atomic E-state index is 13.7. The fourth-order valence-corrected chi connectivity index (χ4v) is 12.5. The van der Waals surface area contributed by atoms with Crippen molar-refractivity contribution >= 4 is 72.8 Å². The Balaban J connectivity index is 0.667. The van der Waals surface area contributed by atoms with Crippen LogP contribution in [0.4, 0.5) is 16.6 Å². The van der Waals surface area contributed by atoms with E-state index in [1.54, 1.807) is 0 Å². The van der Waals surface area contributed by atoms with Crippen LogP contribution >= 0.6 is 11.3 Å². The molecule has 4 aliphatic rings. The van der Waals surface area contributed by atoms with Gasteiger partial charge in [0.15, 0.2) is 10.8 Å². The van der Waals surface area contributed by atoms with Gasteiger partial charge in [-0.2, -0.15) is 5.10 Å². The molecule has 1 atom stereocenters. The number of carboxylic acid groups (broad SMARTS) is 1. The van der Waals surface area contributed by atoms with Crippen molar-refractivity contribution in [1.29, 1.82) is 0 Å². The van der Waals surface area contributed by atoms with Crippen molar-refractivity contribution < 1.29 is 29.0 Å². The van der Waals surface area contributed by atoms with Gasteiger partial charge in [-0.3, -0.25) is 34.6 Å². The number of rotatable bonds is 13. The molecule has 4 aromatic carbocycles. The van der Waals surface area contributed by atoms with Crippen molar-refractivity contribution in [2.24, 2.45) is 13.0 Å². The van der Waals surface area contributed by atoms with Crippen LogP contribution in [-0.2, 0) is 29.6 Å². The number of aromatic nitrogens is 4. The lowest BCUT2D eigenvalue weighted by molar-refractivity contribution is -0.134. The number of thiazole rings is 1. The topological polar surface area (TPSA) is 175 Å². The standard InChI is InChI=1S/C57H61N9O6S/c1-34-31-43-47(63(3)62-52(43)42-21-23-51(67)60-55(42)69)32-46(34)65-29-27-64(28-30-65)25-8-9-36-16-18-38(19-17-36)72-48-14-7-11-39(35(48)2)40-20-22-50(59-53(40)56(70)71)66-26-24-37-10-6-12-41(44(37)33-66)54(68)61-57-58-45-13-4-5-15-49(45)73-57/h4-7,10-15,20,22,31-32,36,38,42H,8-9,16-19,21,23-30,33H2,1-3H3,(H,70,71)(H,58,61,68)(H,60,67,69)/t36-,38-,42?. The molecule has 0 radical (unpaired) electrons. The Labute approximate surface area is 428 Å². The lowest BCUT2D eigenvalue weighted by Gasteiger charge is -2.37. The molecule has 3 amide bonds. The minimum atomic E-state index is -1.10. The van der Waals surface area contributed by atoms with Gasteiger partial charge in [0.2, 0.25) is 11.8 Å². The summed E-state index contributed by atoms with van der Waals surface area (Å²) in [7, 11) is 1.93. The normalized spacial score (nSPS) is 19.5. The highest BCUT2D eigenvalue weighted by Gasteiger charge is 2.33. The number of carboxylic acids is 1. The Morgan fingerprint density at radius 3 is 2.45 bits per heavy atom. The molecule has 3 aromatic heterocycles. The Morgan fingerprint density at radius 2 is 1.66 bits per heavy atom. The van der Waals surface area contributed by atoms with Gasteiger partial charge in [-0.25, -0.2) is 14.8 Å². The minimum Gasteiger partial charge on any atom is -0.490 e. The van der Waals surface area contributed by atoms with Crippen LogP contribution in [-0.4, -0.2) is 98.8 Å². The maximum atomic E-state index is 13.7. The highest BCUT2D eigenvalue weighted by atomic mass is 32.1. The molecule has 1 saturated carbocycles. The second-order valence-electron chi connectivity index (χ2n) is 20.3. The number of nitrogens with zero attached hydrogens (tertiary/aromatic N) is 7. The van der Waals surface area contributed by atoms with Crippen LogP contribution in [0.3, 0.4) is 0 Å². The van der Waals surface area contributed by atoms with Crippen molar-refractivity contribution in [3.63, 3.8) is 0 Å². The monoisotopic (exact) mass is 999 g/mol. The summed E-state index contributed by atoms with van der Waals surface area (Å²) >= 11 is 1.44. The number of imide groups is 1. The van der Waals surface area contributed by atoms with Gasteiger partial charge in [-0.1, -0.05) is 47.7 Å². The number of carbonyl (C=O) groups is 4. The first-order valence-corrected chi connectivity index (χ1v) is 26.6. The number of ether oxygens (including phenoxy) is 1. The number of para-hydroxylation sites is 1. The number of carbonyl (C=O) groups excluding carboxylic acids is 3. The van der Waals surface area contributed by atoms with Gasteiger partial charge in [-0.15, -0.1) is 0 Å². The molecule has 73 heavy (non-hydrogen) atoms. The number of aryl methyl sites for hydroxylation is 2. The summed E-state index contributed by atoms with van der Waals surface area (Å²) in [6.45, 7) is 10.2. The first-order chi connectivity index (χ1) is 35.4. The third kappa shape index (κ3) is 9.89. The SMILES string of the molecule is Cc1cc2c(C3CCC(=O)NC3=O)nn(C)c2cc1N1CCN(CCC[C@H]2CC[C@H](Oc3cccc(-c4ccc(N5CCc6cccc(C(=O)Nc7nc8ccccc8s7)c6C5)nc4C(=O)O)c3C)CC2)CC1. The first-order valence-electron chi connectivity index (χ1n) is 25.8. The first kappa shape index (κ1) is 48.1. The van der Waals surface area contributed by atoms with E-state index in [4.69, 9.17) is 14.8 Å². The maximum Gasteiger partial charge on any atom is 0.355 e. The smallest absolute Gasteiger partial charge is 0.355 e. The molecule has 6 heterocycles. The van der Waals surface area contributed by atoms with E-state index in [0.717, 1.165) is 113 Å². The van der Waals surface area contributed by atoms with Crippen LogP contribution in [0.5, 0.6) is 5.75 Å². The van der Waals surface area contributed by atoms with Crippen molar-refractivity contribution in [2.45, 2.75) is 90.2 Å². The van der Waals surface area contributed by atoms with Gasteiger partial charge in [0.05, 0.1) is 33.4 Å². The summed E-state index contributed by atoms with van der Waals surface area (Å²) in [6, 6.07) is 27.6. The molecule has 1 aliphatic carbocycles. The van der Waals surface area contributed by atoms with E-state index in [-0.39, 0.29) is 29.5 Å². The van der Waals surface area contributed by atoms with Gasteiger partial charge in [0, 0.05) is 74.9 Å². The molecule has 3 N–H and O–H groups in total. The zero-order chi connectivity index (χ0) is 50.3. The van der Waals surface area contributed by atoms with E-state index in [1.165, 1.54) is 35.4 Å². The van der Waals surface area contributed by atoms with E-state index in [1.807, 2.05) is 96.3 Å². The third-order valence-corrected chi connectivity index (χ3v) is 16.6. The molecule has 7 aromatic rings. The highest BCUT2D eigenvalue weighted by molar-refractivity contribution is 7.22. The number of benzene rings is 4. The van der Waals surface area contributed by atoms with Crippen LogP contribution in [0.1, 0.15) is 106 Å². The molecule has 376 valence electrons. The average molecular weight is 1000 g/mol. The number of piperidine rings is 1. The Morgan fingerprint density at radius 1 is 0.849 bits per heavy atom.